The molecule has 220 valence electrons. The fraction of sp³-hybridized carbons (Fsp3) is 0.571. The van der Waals surface area contributed by atoms with Gasteiger partial charge >= 0.3 is 12.1 Å². The second kappa shape index (κ2) is 18.0. The molecule has 1 aliphatic rings. The summed E-state index contributed by atoms with van der Waals surface area (Å²) in [4.78, 5) is 66.7. The first-order chi connectivity index (χ1) is 19.2. The van der Waals surface area contributed by atoms with Gasteiger partial charge in [-0.05, 0) is 43.4 Å². The van der Waals surface area contributed by atoms with Crippen molar-refractivity contribution in [2.45, 2.75) is 70.9 Å². The van der Waals surface area contributed by atoms with Gasteiger partial charge in [0.15, 0.2) is 0 Å². The first-order valence-electron chi connectivity index (χ1n) is 13.7. The zero-order chi connectivity index (χ0) is 29.3. The van der Waals surface area contributed by atoms with Gasteiger partial charge in [-0.15, -0.1) is 0 Å². The third-order valence-corrected chi connectivity index (χ3v) is 6.83. The summed E-state index contributed by atoms with van der Waals surface area (Å²) in [6, 6.07) is 5.62. The van der Waals surface area contributed by atoms with Crippen LogP contribution in [0.2, 0.25) is 5.02 Å². The van der Waals surface area contributed by atoms with Gasteiger partial charge in [-0.3, -0.25) is 9.59 Å². The number of amides is 5. The van der Waals surface area contributed by atoms with Gasteiger partial charge < -0.3 is 30.4 Å². The van der Waals surface area contributed by atoms with Crippen molar-refractivity contribution in [3.05, 3.63) is 34.9 Å². The molecule has 1 atom stereocenters. The number of urea groups is 1. The van der Waals surface area contributed by atoms with E-state index in [0.717, 1.165) is 32.1 Å². The topological polar surface area (TPSA) is 146 Å². The van der Waals surface area contributed by atoms with Gasteiger partial charge in [-0.2, -0.15) is 4.99 Å². The van der Waals surface area contributed by atoms with E-state index in [0.29, 0.717) is 36.4 Å². The number of likely N-dealkylation sites (N-methyl/N-ethyl adjacent to an activating group) is 1. The number of nitrogens with one attached hydrogen (secondary N) is 3. The van der Waals surface area contributed by atoms with Gasteiger partial charge in [0.2, 0.25) is 5.91 Å². The van der Waals surface area contributed by atoms with E-state index in [-0.39, 0.29) is 49.6 Å². The Morgan fingerprint density at radius 3 is 2.60 bits per heavy atom. The normalized spacial score (nSPS) is 14.5. The van der Waals surface area contributed by atoms with Crippen molar-refractivity contribution in [3.8, 4) is 0 Å². The van der Waals surface area contributed by atoms with Crippen molar-refractivity contribution >= 4 is 47.5 Å². The molecule has 5 amide bonds. The van der Waals surface area contributed by atoms with Crippen molar-refractivity contribution in [1.29, 1.82) is 0 Å². The SMILES string of the molecule is CCNC(=O)NCCN(C)C(=O)CC[C@@H](C=O)NC(=O)C(CC1CCCCC1)=NC(=O)OCc1cccc(Cl)c1. The minimum atomic E-state index is -0.933. The summed E-state index contributed by atoms with van der Waals surface area (Å²) in [5, 5.41) is 8.36. The van der Waals surface area contributed by atoms with Gasteiger partial charge in [0.25, 0.3) is 5.91 Å². The molecule has 1 aromatic carbocycles. The van der Waals surface area contributed by atoms with E-state index in [4.69, 9.17) is 16.3 Å². The van der Waals surface area contributed by atoms with Crippen LogP contribution in [0.1, 0.15) is 63.9 Å². The van der Waals surface area contributed by atoms with Crippen molar-refractivity contribution in [3.63, 3.8) is 0 Å². The maximum atomic E-state index is 13.1. The van der Waals surface area contributed by atoms with E-state index in [9.17, 15) is 24.0 Å². The molecular weight excluding hydrogens is 538 g/mol. The summed E-state index contributed by atoms with van der Waals surface area (Å²) in [6.07, 6.45) is 5.13. The molecule has 1 saturated carbocycles. The van der Waals surface area contributed by atoms with Crippen molar-refractivity contribution < 1.29 is 28.7 Å². The van der Waals surface area contributed by atoms with E-state index < -0.39 is 18.0 Å². The average molecular weight is 578 g/mol. The number of halogens is 1. The van der Waals surface area contributed by atoms with Gasteiger partial charge in [0.05, 0.1) is 6.04 Å². The lowest BCUT2D eigenvalue weighted by molar-refractivity contribution is -0.130. The number of ether oxygens (including phenoxy) is 1. The number of hydrogen-bond donors (Lipinski definition) is 3. The van der Waals surface area contributed by atoms with Crippen LogP contribution in [0.15, 0.2) is 29.3 Å². The molecule has 11 nitrogen and oxygen atoms in total. The molecule has 1 aromatic rings. The summed E-state index contributed by atoms with van der Waals surface area (Å²) in [5.74, 6) is -0.661. The third-order valence-electron chi connectivity index (χ3n) is 6.59. The van der Waals surface area contributed by atoms with E-state index in [1.54, 1.807) is 38.2 Å². The Bertz CT molecular complexity index is 1040. The van der Waals surface area contributed by atoms with Crippen LogP contribution >= 0.6 is 11.6 Å². The highest BCUT2D eigenvalue weighted by Gasteiger charge is 2.24. The minimum Gasteiger partial charge on any atom is -0.443 e. The Kier molecular flexibility index (Phi) is 14.7. The highest BCUT2D eigenvalue weighted by Crippen LogP contribution is 2.27. The van der Waals surface area contributed by atoms with Crippen LogP contribution in [0.25, 0.3) is 0 Å². The Labute approximate surface area is 240 Å². The Hall–Kier alpha value is -3.47. The molecule has 0 radical (unpaired) electrons. The lowest BCUT2D eigenvalue weighted by Gasteiger charge is -2.22. The number of carbonyl (C=O) groups excluding carboxylic acids is 5. The Morgan fingerprint density at radius 1 is 1.18 bits per heavy atom. The fourth-order valence-electron chi connectivity index (χ4n) is 4.35. The molecule has 0 heterocycles. The van der Waals surface area contributed by atoms with Gasteiger partial charge in [0.1, 0.15) is 18.6 Å². The van der Waals surface area contributed by atoms with Crippen LogP contribution in [0.3, 0.4) is 0 Å². The molecule has 0 bridgehead atoms. The monoisotopic (exact) mass is 577 g/mol. The molecule has 0 aromatic heterocycles. The molecule has 2 rings (SSSR count). The smallest absolute Gasteiger partial charge is 0.434 e. The van der Waals surface area contributed by atoms with E-state index >= 15 is 0 Å². The number of nitrogens with zero attached hydrogens (tertiary/aromatic N) is 2. The molecule has 1 aliphatic carbocycles. The zero-order valence-electron chi connectivity index (χ0n) is 23.2. The van der Waals surface area contributed by atoms with Crippen LogP contribution in [-0.2, 0) is 25.7 Å². The van der Waals surface area contributed by atoms with Gasteiger partial charge in [0, 0.05) is 38.1 Å². The second-order valence-electron chi connectivity index (χ2n) is 9.81. The molecule has 0 unspecified atom stereocenters. The van der Waals surface area contributed by atoms with E-state index in [2.05, 4.69) is 20.9 Å². The minimum absolute atomic E-state index is 0.00900. The van der Waals surface area contributed by atoms with Crippen LogP contribution in [0.5, 0.6) is 0 Å². The average Bonchev–Trinajstić information content (AvgIpc) is 2.94. The van der Waals surface area contributed by atoms with Crippen LogP contribution in [0.4, 0.5) is 9.59 Å². The Balaban J connectivity index is 1.94. The maximum Gasteiger partial charge on any atom is 0.434 e. The van der Waals surface area contributed by atoms with Crippen molar-refractivity contribution in [2.75, 3.05) is 26.7 Å². The van der Waals surface area contributed by atoms with Crippen LogP contribution in [-0.4, -0.2) is 73.6 Å². The molecule has 1 fully saturated rings. The lowest BCUT2D eigenvalue weighted by Crippen LogP contribution is -2.43. The Morgan fingerprint density at radius 2 is 1.93 bits per heavy atom. The quantitative estimate of drug-likeness (QED) is 0.227. The molecular formula is C28H40ClN5O6. The highest BCUT2D eigenvalue weighted by atomic mass is 35.5. The first kappa shape index (κ1) is 32.7. The number of benzene rings is 1. The standard InChI is InChI=1S/C28H40ClN5O6/c1-3-30-27(38)31-14-15-34(2)25(36)13-12-23(18-35)32-26(37)24(17-20-8-5-4-6-9-20)33-28(39)40-19-21-10-7-11-22(29)16-21/h7,10-11,16,18,20,23H,3-6,8-9,12-15,17,19H2,1-2H3,(H,32,37)(H2,30,31,38)/t23-/m0/s1. The lowest BCUT2D eigenvalue weighted by atomic mass is 9.85. The molecule has 0 saturated heterocycles. The highest BCUT2D eigenvalue weighted by molar-refractivity contribution is 6.40. The van der Waals surface area contributed by atoms with Crippen molar-refractivity contribution in [2.24, 2.45) is 10.9 Å². The van der Waals surface area contributed by atoms with E-state index in [1.807, 2.05) is 0 Å². The second-order valence-corrected chi connectivity index (χ2v) is 10.2. The van der Waals surface area contributed by atoms with Crippen LogP contribution < -0.4 is 16.0 Å². The third kappa shape index (κ3) is 12.6. The summed E-state index contributed by atoms with van der Waals surface area (Å²) in [7, 11) is 1.60. The number of hydrogen-bond acceptors (Lipinski definition) is 6. The van der Waals surface area contributed by atoms with Gasteiger partial charge in [-0.25, -0.2) is 9.59 Å². The maximum absolute atomic E-state index is 13.1. The predicted octanol–water partition coefficient (Wildman–Crippen LogP) is 3.63. The molecule has 0 aliphatic heterocycles. The summed E-state index contributed by atoms with van der Waals surface area (Å²) in [6.45, 7) is 2.82. The fourth-order valence-corrected chi connectivity index (χ4v) is 4.56. The summed E-state index contributed by atoms with van der Waals surface area (Å²) in [5.41, 5.74) is 0.694. The molecule has 3 N–H and O–H groups in total. The van der Waals surface area contributed by atoms with Crippen molar-refractivity contribution in [1.82, 2.24) is 20.9 Å². The van der Waals surface area contributed by atoms with Crippen LogP contribution in [0, 0.1) is 5.92 Å². The number of rotatable bonds is 14. The summed E-state index contributed by atoms with van der Waals surface area (Å²) >= 11 is 5.97. The number of aliphatic imine (C=N–C) groups is 1. The van der Waals surface area contributed by atoms with E-state index in [1.165, 1.54) is 4.90 Å². The zero-order valence-corrected chi connectivity index (χ0v) is 24.0. The molecule has 12 heteroatoms. The molecule has 0 spiro atoms. The predicted molar refractivity (Wildman–Crippen MR) is 152 cm³/mol. The largest absolute Gasteiger partial charge is 0.443 e. The number of carbonyl (C=O) groups is 5. The van der Waals surface area contributed by atoms with Gasteiger partial charge in [-0.1, -0.05) is 55.8 Å². The summed E-state index contributed by atoms with van der Waals surface area (Å²) < 4.78 is 5.24. The molecule has 40 heavy (non-hydrogen) atoms. The number of aldehydes is 1. The first-order valence-corrected chi connectivity index (χ1v) is 14.1.